The first-order valence-corrected chi connectivity index (χ1v) is 7.77. The van der Waals surface area contributed by atoms with E-state index in [9.17, 15) is 4.79 Å². The number of carbonyl (C=O) groups excluding carboxylic acids is 1. The molecule has 6 heteroatoms. The molecule has 0 saturated carbocycles. The van der Waals surface area contributed by atoms with Crippen LogP contribution in [0.25, 0.3) is 4.96 Å². The third kappa shape index (κ3) is 3.02. The molecule has 3 aromatic rings. The standard InChI is InChI=1S/C13H13N3OS2/c17-12(4-3-11-2-1-6-18-11)14-8-10-9-16-5-7-19-13(16)15-10/h1-2,5-7,9H,3-4,8H2,(H,14,17). The largest absolute Gasteiger partial charge is 0.350 e. The summed E-state index contributed by atoms with van der Waals surface area (Å²) in [6.45, 7) is 0.498. The fraction of sp³-hybridized carbons (Fsp3) is 0.231. The van der Waals surface area contributed by atoms with Gasteiger partial charge in [-0.2, -0.15) is 0 Å². The van der Waals surface area contributed by atoms with E-state index in [1.165, 1.54) is 4.88 Å². The van der Waals surface area contributed by atoms with Crippen molar-refractivity contribution in [1.82, 2.24) is 14.7 Å². The molecule has 0 atom stereocenters. The number of thiazole rings is 1. The summed E-state index contributed by atoms with van der Waals surface area (Å²) in [6, 6.07) is 4.07. The number of thiophene rings is 1. The van der Waals surface area contributed by atoms with E-state index in [1.54, 1.807) is 22.7 Å². The van der Waals surface area contributed by atoms with Crippen molar-refractivity contribution in [2.45, 2.75) is 19.4 Å². The molecular formula is C13H13N3OS2. The van der Waals surface area contributed by atoms with E-state index < -0.39 is 0 Å². The van der Waals surface area contributed by atoms with Crippen LogP contribution < -0.4 is 5.32 Å². The monoisotopic (exact) mass is 291 g/mol. The molecule has 0 unspecified atom stereocenters. The van der Waals surface area contributed by atoms with E-state index in [0.717, 1.165) is 17.1 Å². The van der Waals surface area contributed by atoms with Gasteiger partial charge in [0.15, 0.2) is 4.96 Å². The van der Waals surface area contributed by atoms with Gasteiger partial charge in [-0.3, -0.25) is 9.20 Å². The van der Waals surface area contributed by atoms with Crippen molar-refractivity contribution in [1.29, 1.82) is 0 Å². The maximum Gasteiger partial charge on any atom is 0.220 e. The number of hydrogen-bond acceptors (Lipinski definition) is 4. The maximum absolute atomic E-state index is 11.7. The number of carbonyl (C=O) groups is 1. The van der Waals surface area contributed by atoms with Crippen LogP contribution in [0.15, 0.2) is 35.3 Å². The molecule has 0 fully saturated rings. The van der Waals surface area contributed by atoms with Crippen molar-refractivity contribution in [3.8, 4) is 0 Å². The lowest BCUT2D eigenvalue weighted by Crippen LogP contribution is -2.23. The maximum atomic E-state index is 11.7. The summed E-state index contributed by atoms with van der Waals surface area (Å²) in [5.41, 5.74) is 0.899. The minimum atomic E-state index is 0.0738. The second-order valence-electron chi connectivity index (χ2n) is 4.18. The van der Waals surface area contributed by atoms with Gasteiger partial charge in [0, 0.05) is 29.1 Å². The molecule has 3 heterocycles. The van der Waals surface area contributed by atoms with E-state index in [-0.39, 0.29) is 5.91 Å². The third-order valence-corrected chi connectivity index (χ3v) is 4.50. The second kappa shape index (κ2) is 5.54. The van der Waals surface area contributed by atoms with Crippen LogP contribution in [-0.2, 0) is 17.8 Å². The summed E-state index contributed by atoms with van der Waals surface area (Å²) in [7, 11) is 0. The van der Waals surface area contributed by atoms with E-state index in [1.807, 2.05) is 33.6 Å². The highest BCUT2D eigenvalue weighted by molar-refractivity contribution is 7.15. The van der Waals surface area contributed by atoms with E-state index in [4.69, 9.17) is 0 Å². The van der Waals surface area contributed by atoms with Crippen molar-refractivity contribution in [2.24, 2.45) is 0 Å². The molecule has 98 valence electrons. The summed E-state index contributed by atoms with van der Waals surface area (Å²) < 4.78 is 1.97. The molecule has 0 spiro atoms. The number of hydrogen-bond donors (Lipinski definition) is 1. The number of fused-ring (bicyclic) bond motifs is 1. The first-order chi connectivity index (χ1) is 9.31. The minimum Gasteiger partial charge on any atom is -0.350 e. The summed E-state index contributed by atoms with van der Waals surface area (Å²) in [5, 5.41) is 6.93. The molecule has 4 nitrogen and oxygen atoms in total. The van der Waals surface area contributed by atoms with Gasteiger partial charge in [0.25, 0.3) is 0 Å². The van der Waals surface area contributed by atoms with Crippen molar-refractivity contribution >= 4 is 33.5 Å². The van der Waals surface area contributed by atoms with Crippen molar-refractivity contribution < 1.29 is 4.79 Å². The predicted molar refractivity (Wildman–Crippen MR) is 77.6 cm³/mol. The number of amides is 1. The van der Waals surface area contributed by atoms with Crippen molar-refractivity contribution in [3.05, 3.63) is 45.9 Å². The van der Waals surface area contributed by atoms with Gasteiger partial charge < -0.3 is 5.32 Å². The lowest BCUT2D eigenvalue weighted by Gasteiger charge is -2.02. The van der Waals surface area contributed by atoms with Gasteiger partial charge in [-0.15, -0.1) is 22.7 Å². The van der Waals surface area contributed by atoms with Crippen molar-refractivity contribution in [2.75, 3.05) is 0 Å². The van der Waals surface area contributed by atoms with Gasteiger partial charge in [-0.1, -0.05) is 6.07 Å². The SMILES string of the molecule is O=C(CCc1cccs1)NCc1cn2ccsc2n1. The van der Waals surface area contributed by atoms with Crippen LogP contribution in [0.2, 0.25) is 0 Å². The molecule has 1 amide bonds. The normalized spacial score (nSPS) is 10.9. The third-order valence-electron chi connectivity index (χ3n) is 2.79. The van der Waals surface area contributed by atoms with Crippen LogP contribution in [-0.4, -0.2) is 15.3 Å². The Labute approximate surface area is 118 Å². The topological polar surface area (TPSA) is 46.4 Å². The quantitative estimate of drug-likeness (QED) is 0.785. The van der Waals surface area contributed by atoms with Gasteiger partial charge in [0.1, 0.15) is 0 Å². The molecule has 19 heavy (non-hydrogen) atoms. The minimum absolute atomic E-state index is 0.0738. The Hall–Kier alpha value is -1.66. The molecule has 0 radical (unpaired) electrons. The summed E-state index contributed by atoms with van der Waals surface area (Å²) >= 11 is 3.28. The molecule has 0 aromatic carbocycles. The highest BCUT2D eigenvalue weighted by Gasteiger charge is 2.06. The molecular weight excluding hydrogens is 278 g/mol. The van der Waals surface area contributed by atoms with E-state index in [2.05, 4.69) is 16.4 Å². The van der Waals surface area contributed by atoms with Gasteiger partial charge in [0.05, 0.1) is 12.2 Å². The molecule has 0 aliphatic heterocycles. The Morgan fingerprint density at radius 3 is 3.11 bits per heavy atom. The zero-order chi connectivity index (χ0) is 13.1. The van der Waals surface area contributed by atoms with Crippen LogP contribution >= 0.6 is 22.7 Å². The molecule has 1 N–H and O–H groups in total. The summed E-state index contributed by atoms with van der Waals surface area (Å²) in [5.74, 6) is 0.0738. The Bertz CT molecular complexity index is 641. The Morgan fingerprint density at radius 2 is 2.32 bits per heavy atom. The zero-order valence-electron chi connectivity index (χ0n) is 10.2. The highest BCUT2D eigenvalue weighted by Crippen LogP contribution is 2.12. The van der Waals surface area contributed by atoms with Crippen LogP contribution in [0, 0.1) is 0 Å². The van der Waals surface area contributed by atoms with Gasteiger partial charge in [-0.25, -0.2) is 4.98 Å². The van der Waals surface area contributed by atoms with E-state index in [0.29, 0.717) is 13.0 Å². The lowest BCUT2D eigenvalue weighted by atomic mass is 10.2. The number of rotatable bonds is 5. The number of nitrogens with zero attached hydrogens (tertiary/aromatic N) is 2. The fourth-order valence-corrected chi connectivity index (χ4v) is 3.26. The average molecular weight is 291 g/mol. The smallest absolute Gasteiger partial charge is 0.220 e. The van der Waals surface area contributed by atoms with Crippen molar-refractivity contribution in [3.63, 3.8) is 0 Å². The lowest BCUT2D eigenvalue weighted by molar-refractivity contribution is -0.121. The molecule has 3 aromatic heterocycles. The summed E-state index contributed by atoms with van der Waals surface area (Å²) in [6.07, 6.45) is 5.25. The fourth-order valence-electron chi connectivity index (χ4n) is 1.83. The van der Waals surface area contributed by atoms with Crippen LogP contribution in [0.1, 0.15) is 17.0 Å². The highest BCUT2D eigenvalue weighted by atomic mass is 32.1. The predicted octanol–water partition coefficient (Wildman–Crippen LogP) is 2.71. The van der Waals surface area contributed by atoms with Gasteiger partial charge >= 0.3 is 0 Å². The molecule has 3 rings (SSSR count). The molecule has 0 saturated heterocycles. The number of aromatic nitrogens is 2. The average Bonchev–Trinajstić information content (AvgIpc) is 3.09. The second-order valence-corrected chi connectivity index (χ2v) is 6.09. The first kappa shape index (κ1) is 12.4. The summed E-state index contributed by atoms with van der Waals surface area (Å²) in [4.78, 5) is 18.4. The van der Waals surface area contributed by atoms with Crippen LogP contribution in [0.3, 0.4) is 0 Å². The zero-order valence-corrected chi connectivity index (χ0v) is 11.8. The molecule has 0 aliphatic rings. The number of aryl methyl sites for hydroxylation is 1. The molecule has 0 bridgehead atoms. The first-order valence-electron chi connectivity index (χ1n) is 6.01. The Kier molecular flexibility index (Phi) is 3.61. The van der Waals surface area contributed by atoms with Gasteiger partial charge in [-0.05, 0) is 17.9 Å². The van der Waals surface area contributed by atoms with Crippen LogP contribution in [0.4, 0.5) is 0 Å². The van der Waals surface area contributed by atoms with Gasteiger partial charge in [0.2, 0.25) is 5.91 Å². The molecule has 0 aliphatic carbocycles. The Balaban J connectivity index is 1.49. The number of nitrogens with one attached hydrogen (secondary N) is 1. The Morgan fingerprint density at radius 1 is 1.37 bits per heavy atom. The number of imidazole rings is 1. The van der Waals surface area contributed by atoms with E-state index >= 15 is 0 Å². The van der Waals surface area contributed by atoms with Crippen LogP contribution in [0.5, 0.6) is 0 Å².